The van der Waals surface area contributed by atoms with Gasteiger partial charge >= 0.3 is 27.1 Å². The van der Waals surface area contributed by atoms with Gasteiger partial charge in [0.25, 0.3) is 11.4 Å². The first-order chi connectivity index (χ1) is 29.8. The molecule has 0 atom stereocenters. The Morgan fingerprint density at radius 2 is 1.44 bits per heavy atom. The van der Waals surface area contributed by atoms with Gasteiger partial charge in [0.15, 0.2) is 0 Å². The van der Waals surface area contributed by atoms with Crippen molar-refractivity contribution in [2.24, 2.45) is 0 Å². The number of pyridine rings is 2. The van der Waals surface area contributed by atoms with Crippen LogP contribution < -0.4 is 13.9 Å². The Kier molecular flexibility index (Phi) is 7.71. The normalized spacial score (nSPS) is 14.6. The smallest absolute Gasteiger partial charge is 0.509 e. The predicted molar refractivity (Wildman–Crippen MR) is 229 cm³/mol. The molecular weight excluding hydrogens is 882 g/mol. The molecule has 8 aromatic rings. The van der Waals surface area contributed by atoms with Crippen molar-refractivity contribution < 1.29 is 35.4 Å². The van der Waals surface area contributed by atoms with Gasteiger partial charge in [-0.1, -0.05) is 118 Å². The molecule has 4 heterocycles. The second-order valence-electron chi connectivity index (χ2n) is 16.0. The van der Waals surface area contributed by atoms with Crippen LogP contribution in [0, 0.1) is 19.0 Å². The molecule has 57 heavy (non-hydrogen) atoms. The van der Waals surface area contributed by atoms with Gasteiger partial charge < -0.3 is 9.30 Å². The van der Waals surface area contributed by atoms with Gasteiger partial charge in [0, 0.05) is 57.9 Å². The quantitative estimate of drug-likeness (QED) is 0.123. The van der Waals surface area contributed by atoms with Crippen LogP contribution >= 0.6 is 0 Å². The van der Waals surface area contributed by atoms with E-state index in [1.165, 1.54) is 0 Å². The van der Waals surface area contributed by atoms with Crippen molar-refractivity contribution in [1.29, 1.82) is 0 Å². The first-order valence-electron chi connectivity index (χ1n) is 22.0. The fraction of sp³-hybridized carbons (Fsp3) is 0.180. The van der Waals surface area contributed by atoms with Crippen LogP contribution in [0.5, 0.6) is 11.5 Å². The van der Waals surface area contributed by atoms with Crippen LogP contribution in [0.25, 0.3) is 38.8 Å². The van der Waals surface area contributed by atoms with Crippen molar-refractivity contribution in [3.05, 3.63) is 163 Å². The van der Waals surface area contributed by atoms with Crippen LogP contribution in [0.1, 0.15) is 67.8 Å². The number of ether oxygens (including phenoxy) is 1. The Bertz CT molecular complexity index is 3240. The van der Waals surface area contributed by atoms with Gasteiger partial charge in [-0.15, -0.1) is 29.1 Å². The van der Waals surface area contributed by atoms with Gasteiger partial charge in [0.2, 0.25) is 5.69 Å². The summed E-state index contributed by atoms with van der Waals surface area (Å²) < 4.78 is 71.3. The molecule has 0 saturated carbocycles. The minimum absolute atomic E-state index is 0. The van der Waals surface area contributed by atoms with E-state index in [0.717, 1.165) is 50.1 Å². The fourth-order valence-electron chi connectivity index (χ4n) is 7.07. The van der Waals surface area contributed by atoms with Crippen LogP contribution in [0.3, 0.4) is 0 Å². The maximum Gasteiger partial charge on any atom is 2.00 e. The van der Waals surface area contributed by atoms with Crippen LogP contribution in [0.2, 0.25) is 0 Å². The molecule has 0 radical (unpaired) electrons. The zero-order valence-corrected chi connectivity index (χ0v) is 34.6. The molecule has 0 unspecified atom stereocenters. The van der Waals surface area contributed by atoms with Crippen molar-refractivity contribution in [2.75, 3.05) is 0 Å². The molecule has 6 nitrogen and oxygen atoms in total. The van der Waals surface area contributed by atoms with E-state index in [2.05, 4.69) is 75.3 Å². The standard InChI is InChI=1S/C50H43N5O.Pt/c1-33-16-18-34(19-17-33)40-12-8-9-13-43(40)54-32-53(45-14-10-11-15-46(45)54)37-26-36(50(5,6)7)27-39(29-37)56-38-20-21-41-42-31-51-24-23-44(42)55(47(41)30-38)48-28-35(22-25-52-48)49(2,3)4;/h8-28,31H,1-7H3;/q;+2/i1D3,16D,17D,18D,19D;. The Hall–Kier alpha value is -5.93. The first kappa shape index (κ1) is 30.2. The predicted octanol–water partition coefficient (Wildman–Crippen LogP) is 12.4. The van der Waals surface area contributed by atoms with E-state index in [1.807, 2.05) is 94.3 Å². The summed E-state index contributed by atoms with van der Waals surface area (Å²) in [6.45, 7) is 10.1. The number of fused-ring (bicyclic) bond motifs is 4. The van der Waals surface area contributed by atoms with Crippen molar-refractivity contribution in [3.8, 4) is 28.4 Å². The number of hydrogen-bond acceptors (Lipinski definition) is 3. The van der Waals surface area contributed by atoms with Gasteiger partial charge in [-0.25, -0.2) is 4.98 Å². The molecule has 282 valence electrons. The molecule has 0 fully saturated rings. The topological polar surface area (TPSA) is 46.0 Å². The van der Waals surface area contributed by atoms with Crippen molar-refractivity contribution >= 4 is 50.6 Å². The van der Waals surface area contributed by atoms with E-state index in [-0.39, 0.29) is 37.5 Å². The average Bonchev–Trinajstić information content (AvgIpc) is 3.78. The minimum atomic E-state index is -2.83. The molecular formula is C50H43N5OPt+2. The number of rotatable bonds is 6. The maximum absolute atomic E-state index is 8.92. The van der Waals surface area contributed by atoms with Crippen molar-refractivity contribution in [3.63, 3.8) is 0 Å². The van der Waals surface area contributed by atoms with E-state index in [9.17, 15) is 0 Å². The summed E-state index contributed by atoms with van der Waals surface area (Å²) in [7, 11) is 0. The second-order valence-corrected chi connectivity index (χ2v) is 16.0. The molecule has 0 aliphatic carbocycles. The van der Waals surface area contributed by atoms with E-state index >= 15 is 0 Å². The van der Waals surface area contributed by atoms with Gasteiger partial charge in [0.1, 0.15) is 11.5 Å². The second kappa shape index (κ2) is 14.5. The molecule has 0 amide bonds. The number of hydrogen-bond donors (Lipinski definition) is 0. The largest absolute Gasteiger partial charge is 2.00 e. The van der Waals surface area contributed by atoms with Crippen LogP contribution in [0.4, 0.5) is 22.7 Å². The molecule has 0 spiro atoms. The Morgan fingerprint density at radius 3 is 2.18 bits per heavy atom. The number of nitrogens with zero attached hydrogens (tertiary/aromatic N) is 5. The summed E-state index contributed by atoms with van der Waals surface area (Å²) in [5.41, 5.74) is 5.92. The zero-order valence-electron chi connectivity index (χ0n) is 39.4. The molecule has 0 bridgehead atoms. The summed E-state index contributed by atoms with van der Waals surface area (Å²) in [4.78, 5) is 9.24. The maximum atomic E-state index is 8.92. The van der Waals surface area contributed by atoms with E-state index < -0.39 is 36.6 Å². The Labute approximate surface area is 358 Å². The Balaban J connectivity index is 0.00000560. The Morgan fingerprint density at radius 1 is 0.719 bits per heavy atom. The third kappa shape index (κ3) is 7.05. The molecule has 0 N–H and O–H groups in total. The van der Waals surface area contributed by atoms with Crippen molar-refractivity contribution in [2.45, 2.75) is 59.2 Å². The van der Waals surface area contributed by atoms with Crippen molar-refractivity contribution in [1.82, 2.24) is 23.7 Å². The SMILES string of the molecule is [2H]c1c([2H])c(C([2H])([2H])[2H])c([2H])c([2H])c1-c1ccccc1[N+]1=C=[N+](c2[c-]c(Oc3[c-]c4c(cc3)c3cnccc3n4-c3cc(C(C)(C)C)ccn3)cc(C(C)(C)C)c2)c2ccccc21.[Pt+2]. The zero-order chi connectivity index (χ0) is 44.7. The monoisotopic (exact) mass is 931 g/mol. The van der Waals surface area contributed by atoms with Crippen LogP contribution in [0.15, 0.2) is 134 Å². The van der Waals surface area contributed by atoms with E-state index in [0.29, 0.717) is 28.4 Å². The van der Waals surface area contributed by atoms with Gasteiger partial charge in [-0.05, 0) is 63.0 Å². The minimum Gasteiger partial charge on any atom is -0.509 e. The van der Waals surface area contributed by atoms with Gasteiger partial charge in [-0.2, -0.15) is 6.07 Å². The summed E-state index contributed by atoms with van der Waals surface area (Å²) in [6.07, 6.45) is 5.48. The number of aromatic nitrogens is 3. The third-order valence-corrected chi connectivity index (χ3v) is 10.1. The first-order valence-corrected chi connectivity index (χ1v) is 18.5. The third-order valence-electron chi connectivity index (χ3n) is 10.1. The summed E-state index contributed by atoms with van der Waals surface area (Å²) >= 11 is 0. The van der Waals surface area contributed by atoms with Gasteiger partial charge in [-0.3, -0.25) is 4.98 Å². The molecule has 0 saturated heterocycles. The summed E-state index contributed by atoms with van der Waals surface area (Å²) in [5, 5.41) is 1.93. The summed E-state index contributed by atoms with van der Waals surface area (Å²) in [6, 6.07) is 37.4. The summed E-state index contributed by atoms with van der Waals surface area (Å²) in [5.74, 6) is 1.71. The molecule has 7 heteroatoms. The molecule has 5 aromatic carbocycles. The molecule has 3 aromatic heterocycles. The molecule has 1 aliphatic heterocycles. The van der Waals surface area contributed by atoms with E-state index in [1.54, 1.807) is 18.3 Å². The average molecular weight is 932 g/mol. The van der Waals surface area contributed by atoms with Gasteiger partial charge in [0.05, 0.1) is 11.0 Å². The van der Waals surface area contributed by atoms with E-state index in [4.69, 9.17) is 19.3 Å². The number of para-hydroxylation sites is 3. The van der Waals surface area contributed by atoms with Crippen LogP contribution in [-0.2, 0) is 31.9 Å². The number of benzene rings is 5. The van der Waals surface area contributed by atoms with Crippen LogP contribution in [-0.4, -0.2) is 20.5 Å². The molecule has 9 rings (SSSR count). The fourth-order valence-corrected chi connectivity index (χ4v) is 7.07. The molecule has 1 aliphatic rings.